The van der Waals surface area contributed by atoms with Gasteiger partial charge in [-0.05, 0) is 99.1 Å². The van der Waals surface area contributed by atoms with E-state index in [2.05, 4.69) is 37.5 Å². The number of carbonyl (C=O) groups excluding carboxylic acids is 1. The molecule has 0 radical (unpaired) electrons. The average Bonchev–Trinajstić information content (AvgIpc) is 3.22. The Bertz CT molecular complexity index is 885. The zero-order valence-corrected chi connectivity index (χ0v) is 20.5. The molecule has 1 aromatic rings. The van der Waals surface area contributed by atoms with Crippen molar-refractivity contribution in [1.82, 2.24) is 5.32 Å². The molecule has 0 aliphatic heterocycles. The van der Waals surface area contributed by atoms with Gasteiger partial charge in [0.15, 0.2) is 0 Å². The number of hydrogen-bond acceptors (Lipinski definition) is 3. The number of nitrogens with one attached hydrogen (secondary N) is 3. The van der Waals surface area contributed by atoms with Gasteiger partial charge < -0.3 is 16.0 Å². The number of benzene rings is 1. The van der Waals surface area contributed by atoms with Crippen LogP contribution < -0.4 is 10.6 Å². The predicted octanol–water partition coefficient (Wildman–Crippen LogP) is 7.14. The fourth-order valence-corrected chi connectivity index (χ4v) is 5.57. The third-order valence-corrected chi connectivity index (χ3v) is 7.58. The van der Waals surface area contributed by atoms with Crippen molar-refractivity contribution < 1.29 is 9.18 Å². The molecular formula is C28H40FN3O. The van der Waals surface area contributed by atoms with E-state index in [9.17, 15) is 9.18 Å². The molecule has 1 saturated carbocycles. The molecule has 1 fully saturated rings. The molecule has 2 atom stereocenters. The molecule has 180 valence electrons. The summed E-state index contributed by atoms with van der Waals surface area (Å²) in [4.78, 5) is 12.7. The Hall–Kier alpha value is -2.43. The molecule has 2 aliphatic rings. The first-order chi connectivity index (χ1) is 15.9. The molecule has 0 bridgehead atoms. The first kappa shape index (κ1) is 25.2. The highest BCUT2D eigenvalue weighted by Gasteiger charge is 2.41. The maximum Gasteiger partial charge on any atom is 0.223 e. The smallest absolute Gasteiger partial charge is 0.223 e. The van der Waals surface area contributed by atoms with Crippen LogP contribution in [0.15, 0.2) is 47.2 Å². The average molecular weight is 454 g/mol. The van der Waals surface area contributed by atoms with Gasteiger partial charge in [-0.1, -0.05) is 32.8 Å². The van der Waals surface area contributed by atoms with Crippen LogP contribution in [0, 0.1) is 22.6 Å². The molecular weight excluding hydrogens is 413 g/mol. The number of rotatable bonds is 12. The zero-order valence-electron chi connectivity index (χ0n) is 20.5. The lowest BCUT2D eigenvalue weighted by molar-refractivity contribution is -0.126. The van der Waals surface area contributed by atoms with E-state index in [0.29, 0.717) is 0 Å². The summed E-state index contributed by atoms with van der Waals surface area (Å²) in [6.07, 6.45) is 13.8. The number of fused-ring (bicyclic) bond motifs is 1. The molecule has 0 spiro atoms. The maximum atomic E-state index is 13.3. The Morgan fingerprint density at radius 1 is 1.18 bits per heavy atom. The van der Waals surface area contributed by atoms with Gasteiger partial charge in [0, 0.05) is 29.6 Å². The molecule has 1 unspecified atom stereocenters. The molecule has 5 heteroatoms. The fourth-order valence-electron chi connectivity index (χ4n) is 5.57. The summed E-state index contributed by atoms with van der Waals surface area (Å²) in [5.74, 6) is 0.0517. The Balaban J connectivity index is 1.72. The minimum absolute atomic E-state index is 0.0898. The van der Waals surface area contributed by atoms with Gasteiger partial charge >= 0.3 is 0 Å². The van der Waals surface area contributed by atoms with E-state index >= 15 is 0 Å². The van der Waals surface area contributed by atoms with Gasteiger partial charge in [0.25, 0.3) is 0 Å². The lowest BCUT2D eigenvalue weighted by atomic mass is 9.69. The van der Waals surface area contributed by atoms with Crippen molar-refractivity contribution in [3.05, 3.63) is 53.0 Å². The van der Waals surface area contributed by atoms with Crippen LogP contribution in [0.1, 0.15) is 85.0 Å². The number of carbonyl (C=O) groups is 1. The van der Waals surface area contributed by atoms with Crippen LogP contribution in [0.3, 0.4) is 0 Å². The highest BCUT2D eigenvalue weighted by Crippen LogP contribution is 2.53. The molecule has 1 amide bonds. The molecule has 3 N–H and O–H groups in total. The predicted molar refractivity (Wildman–Crippen MR) is 135 cm³/mol. The van der Waals surface area contributed by atoms with Crippen molar-refractivity contribution in [2.75, 3.05) is 5.32 Å². The van der Waals surface area contributed by atoms with Crippen LogP contribution in [0.5, 0.6) is 0 Å². The van der Waals surface area contributed by atoms with Crippen LogP contribution >= 0.6 is 0 Å². The molecule has 0 heterocycles. The largest absolute Gasteiger partial charge is 0.355 e. The summed E-state index contributed by atoms with van der Waals surface area (Å²) in [6.45, 7) is 6.35. The quantitative estimate of drug-likeness (QED) is 0.294. The molecule has 4 nitrogen and oxygen atoms in total. The number of amides is 1. The van der Waals surface area contributed by atoms with E-state index in [4.69, 9.17) is 5.41 Å². The normalized spacial score (nSPS) is 20.9. The second kappa shape index (κ2) is 11.6. The van der Waals surface area contributed by atoms with Gasteiger partial charge in [0.1, 0.15) is 5.82 Å². The standard InChI is InChI=1S/C28H40FN3O/c1-4-8-24(32-27(33)20(5-2)6-3)14-16-28-15-7-9-22(28)17-26(21(18-28)19-30)31-25-12-10-23(29)11-13-25/h10-13,17,19-20,24,30-31H,4-9,14-16,18H2,1-3H3,(H,32,33)/t24?,28-/m1/s1. The molecule has 33 heavy (non-hydrogen) atoms. The summed E-state index contributed by atoms with van der Waals surface area (Å²) in [5.41, 5.74) is 4.33. The van der Waals surface area contributed by atoms with Crippen molar-refractivity contribution in [2.24, 2.45) is 11.3 Å². The second-order valence-electron chi connectivity index (χ2n) is 9.74. The SMILES string of the molecule is CCCC(CC[C@@]12CCCC1=CC(Nc1ccc(F)cc1)=C(C=N)C2)NC(=O)C(CC)CC. The molecule has 3 rings (SSSR count). The Kier molecular flexibility index (Phi) is 8.87. The third kappa shape index (κ3) is 6.13. The van der Waals surface area contributed by atoms with Crippen LogP contribution in [0.2, 0.25) is 0 Å². The minimum Gasteiger partial charge on any atom is -0.355 e. The van der Waals surface area contributed by atoms with Gasteiger partial charge in [0.2, 0.25) is 5.91 Å². The maximum absolute atomic E-state index is 13.3. The van der Waals surface area contributed by atoms with Gasteiger partial charge in [-0.15, -0.1) is 0 Å². The molecule has 2 aliphatic carbocycles. The van der Waals surface area contributed by atoms with Crippen molar-refractivity contribution in [1.29, 1.82) is 5.41 Å². The van der Waals surface area contributed by atoms with E-state index in [1.807, 2.05) is 0 Å². The summed E-state index contributed by atoms with van der Waals surface area (Å²) in [6, 6.07) is 6.58. The second-order valence-corrected chi connectivity index (χ2v) is 9.74. The van der Waals surface area contributed by atoms with E-state index in [0.717, 1.165) is 74.7 Å². The van der Waals surface area contributed by atoms with Gasteiger partial charge in [-0.25, -0.2) is 4.39 Å². The van der Waals surface area contributed by atoms with Crippen LogP contribution in [0.25, 0.3) is 0 Å². The lowest BCUT2D eigenvalue weighted by Crippen LogP contribution is -2.39. The van der Waals surface area contributed by atoms with Crippen LogP contribution in [-0.4, -0.2) is 18.2 Å². The minimum atomic E-state index is -0.253. The summed E-state index contributed by atoms with van der Waals surface area (Å²) < 4.78 is 13.3. The molecule has 0 aromatic heterocycles. The van der Waals surface area contributed by atoms with Crippen molar-refractivity contribution in [3.8, 4) is 0 Å². The highest BCUT2D eigenvalue weighted by molar-refractivity contribution is 5.81. The Morgan fingerprint density at radius 2 is 1.91 bits per heavy atom. The summed E-state index contributed by atoms with van der Waals surface area (Å²) in [7, 11) is 0. The third-order valence-electron chi connectivity index (χ3n) is 7.58. The van der Waals surface area contributed by atoms with Crippen LogP contribution in [0.4, 0.5) is 10.1 Å². The molecule has 0 saturated heterocycles. The van der Waals surface area contributed by atoms with E-state index in [1.54, 1.807) is 12.1 Å². The van der Waals surface area contributed by atoms with Gasteiger partial charge in [-0.3, -0.25) is 4.79 Å². The first-order valence-corrected chi connectivity index (χ1v) is 12.7. The Labute approximate surface area is 198 Å². The van der Waals surface area contributed by atoms with Gasteiger partial charge in [-0.2, -0.15) is 0 Å². The number of allylic oxidation sites excluding steroid dienone is 3. The Morgan fingerprint density at radius 3 is 2.55 bits per heavy atom. The van der Waals surface area contributed by atoms with Crippen LogP contribution in [-0.2, 0) is 4.79 Å². The molecule has 1 aromatic carbocycles. The lowest BCUT2D eigenvalue weighted by Gasteiger charge is -2.37. The van der Waals surface area contributed by atoms with Crippen molar-refractivity contribution in [3.63, 3.8) is 0 Å². The fraction of sp³-hybridized carbons (Fsp3) is 0.571. The van der Waals surface area contributed by atoms with Crippen molar-refractivity contribution in [2.45, 2.75) is 91.0 Å². The van der Waals surface area contributed by atoms with Crippen molar-refractivity contribution >= 4 is 17.8 Å². The first-order valence-electron chi connectivity index (χ1n) is 12.7. The number of hydrogen-bond donors (Lipinski definition) is 3. The topological polar surface area (TPSA) is 65.0 Å². The number of anilines is 1. The van der Waals surface area contributed by atoms with E-state index in [1.165, 1.54) is 30.3 Å². The number of halogens is 1. The van der Waals surface area contributed by atoms with E-state index in [-0.39, 0.29) is 29.1 Å². The van der Waals surface area contributed by atoms with E-state index < -0.39 is 0 Å². The van der Waals surface area contributed by atoms with Gasteiger partial charge in [0.05, 0.1) is 0 Å². The highest BCUT2D eigenvalue weighted by atomic mass is 19.1. The zero-order chi connectivity index (χ0) is 23.8. The summed E-state index contributed by atoms with van der Waals surface area (Å²) >= 11 is 0. The summed E-state index contributed by atoms with van der Waals surface area (Å²) in [5, 5.41) is 14.8. The monoisotopic (exact) mass is 453 g/mol.